The maximum atomic E-state index is 12.0. The number of carbonyl (C=O) groups excluding carboxylic acids is 1. The van der Waals surface area contributed by atoms with Gasteiger partial charge in [0, 0.05) is 32.6 Å². The molecule has 2 aliphatic heterocycles. The van der Waals surface area contributed by atoms with Gasteiger partial charge in [0.2, 0.25) is 5.91 Å². The summed E-state index contributed by atoms with van der Waals surface area (Å²) in [5.41, 5.74) is 1.02. The van der Waals surface area contributed by atoms with E-state index >= 15 is 0 Å². The van der Waals surface area contributed by atoms with E-state index in [0.29, 0.717) is 38.0 Å². The van der Waals surface area contributed by atoms with Crippen LogP contribution in [0.2, 0.25) is 0 Å². The van der Waals surface area contributed by atoms with Crippen LogP contribution in [-0.4, -0.2) is 74.0 Å². The van der Waals surface area contributed by atoms with Gasteiger partial charge < -0.3 is 29.4 Å². The average Bonchev–Trinajstić information content (AvgIpc) is 3.49. The number of rotatable bonds is 15. The summed E-state index contributed by atoms with van der Waals surface area (Å²) in [6.07, 6.45) is 9.31. The van der Waals surface area contributed by atoms with Crippen LogP contribution in [0.5, 0.6) is 0 Å². The van der Waals surface area contributed by atoms with Crippen LogP contribution >= 0.6 is 0 Å². The van der Waals surface area contributed by atoms with Gasteiger partial charge in [-0.25, -0.2) is 0 Å². The number of nitrogens with one attached hydrogen (secondary N) is 1. The van der Waals surface area contributed by atoms with Crippen molar-refractivity contribution in [1.82, 2.24) is 5.32 Å². The Morgan fingerprint density at radius 2 is 2.00 bits per heavy atom. The molecule has 2 heterocycles. The zero-order valence-corrected chi connectivity index (χ0v) is 23.8. The van der Waals surface area contributed by atoms with E-state index in [0.717, 1.165) is 19.3 Å². The van der Waals surface area contributed by atoms with Crippen molar-refractivity contribution in [3.05, 3.63) is 23.8 Å². The summed E-state index contributed by atoms with van der Waals surface area (Å²) < 4.78 is 23.2. The normalized spacial score (nSPS) is 32.2. The Balaban J connectivity index is 1.83. The number of hydrogen-bond acceptors (Lipinski definition) is 6. The quantitative estimate of drug-likeness (QED) is 0.193. The molecular weight excluding hydrogens is 458 g/mol. The molecule has 9 atom stereocenters. The zero-order valence-electron chi connectivity index (χ0n) is 23.8. The number of ether oxygens (including phenoxy) is 4. The van der Waals surface area contributed by atoms with Gasteiger partial charge in [-0.3, -0.25) is 4.79 Å². The lowest BCUT2D eigenvalue weighted by molar-refractivity contribution is -0.123. The maximum absolute atomic E-state index is 12.0. The molecular formula is C29H51NO6. The van der Waals surface area contributed by atoms with Crippen LogP contribution in [-0.2, 0) is 23.7 Å². The molecule has 0 aromatic rings. The van der Waals surface area contributed by atoms with Crippen molar-refractivity contribution in [1.29, 1.82) is 0 Å². The van der Waals surface area contributed by atoms with E-state index in [-0.39, 0.29) is 41.8 Å². The minimum Gasteiger partial charge on any atom is -0.391 e. The average molecular weight is 510 g/mol. The van der Waals surface area contributed by atoms with Gasteiger partial charge in [-0.1, -0.05) is 39.0 Å². The Hall–Kier alpha value is -1.25. The molecule has 0 unspecified atom stereocenters. The molecule has 0 spiro atoms. The van der Waals surface area contributed by atoms with Crippen molar-refractivity contribution in [2.24, 2.45) is 17.8 Å². The fourth-order valence-electron chi connectivity index (χ4n) is 5.65. The van der Waals surface area contributed by atoms with Gasteiger partial charge in [0.1, 0.15) is 0 Å². The second-order valence-electron chi connectivity index (χ2n) is 11.1. The summed E-state index contributed by atoms with van der Waals surface area (Å²) >= 11 is 0. The van der Waals surface area contributed by atoms with Crippen LogP contribution in [0.1, 0.15) is 74.1 Å². The molecule has 2 fully saturated rings. The first-order chi connectivity index (χ1) is 17.0. The summed E-state index contributed by atoms with van der Waals surface area (Å²) in [5, 5.41) is 13.0. The first kappa shape index (κ1) is 31.0. The highest BCUT2D eigenvalue weighted by atomic mass is 16.6. The van der Waals surface area contributed by atoms with E-state index in [1.807, 2.05) is 6.92 Å². The Morgan fingerprint density at radius 3 is 2.64 bits per heavy atom. The highest BCUT2D eigenvalue weighted by Crippen LogP contribution is 2.47. The molecule has 0 bridgehead atoms. The van der Waals surface area contributed by atoms with Crippen molar-refractivity contribution in [3.63, 3.8) is 0 Å². The molecule has 0 aromatic heterocycles. The van der Waals surface area contributed by atoms with Gasteiger partial charge in [0.05, 0.1) is 42.7 Å². The predicted octanol–water partition coefficient (Wildman–Crippen LogP) is 4.43. The largest absolute Gasteiger partial charge is 0.391 e. The maximum Gasteiger partial charge on any atom is 0.222 e. The molecule has 0 radical (unpaired) electrons. The molecule has 208 valence electrons. The van der Waals surface area contributed by atoms with Gasteiger partial charge in [-0.05, 0) is 64.4 Å². The summed E-state index contributed by atoms with van der Waals surface area (Å²) in [6, 6.07) is 0. The second kappa shape index (κ2) is 14.6. The Labute approximate surface area is 219 Å². The van der Waals surface area contributed by atoms with Crippen LogP contribution in [0.15, 0.2) is 23.8 Å². The van der Waals surface area contributed by atoms with Crippen molar-refractivity contribution < 1.29 is 28.8 Å². The van der Waals surface area contributed by atoms with Crippen LogP contribution < -0.4 is 5.32 Å². The standard InChI is InChI=1S/C29H51NO6/c1-9-34-16-15-25(32)30-18-24-14-13-21(4)26(35-24)20(3)12-10-11-19(2)17-29(7)28(36-29)22(5)27(33-8)23(6)31/h10-12,19,21-24,26-28,31H,9,13-18H2,1-8H3,(H,30,32)/b11-10+,20-12+/t19-,21+,22-,23-,24-,26-,27-,28-,29-/m1/s1. The van der Waals surface area contributed by atoms with Crippen molar-refractivity contribution in [2.75, 3.05) is 26.9 Å². The third-order valence-electron chi connectivity index (χ3n) is 7.66. The van der Waals surface area contributed by atoms with Crippen molar-refractivity contribution >= 4 is 5.91 Å². The van der Waals surface area contributed by atoms with Gasteiger partial charge in [0.25, 0.3) is 0 Å². The van der Waals surface area contributed by atoms with Crippen LogP contribution in [0.3, 0.4) is 0 Å². The number of allylic oxidation sites excluding steroid dienone is 3. The molecule has 2 aliphatic rings. The summed E-state index contributed by atoms with van der Waals surface area (Å²) in [6.45, 7) is 16.1. The Morgan fingerprint density at radius 1 is 1.28 bits per heavy atom. The number of amides is 1. The van der Waals surface area contributed by atoms with E-state index in [1.165, 1.54) is 5.57 Å². The van der Waals surface area contributed by atoms with Gasteiger partial charge >= 0.3 is 0 Å². The van der Waals surface area contributed by atoms with E-state index in [2.05, 4.69) is 58.2 Å². The topological polar surface area (TPSA) is 89.6 Å². The summed E-state index contributed by atoms with van der Waals surface area (Å²) in [4.78, 5) is 12.0. The summed E-state index contributed by atoms with van der Waals surface area (Å²) in [5.74, 6) is 0.944. The second-order valence-corrected chi connectivity index (χ2v) is 11.1. The van der Waals surface area contributed by atoms with Gasteiger partial charge in [-0.15, -0.1) is 0 Å². The number of hydrogen-bond donors (Lipinski definition) is 2. The number of aliphatic hydroxyl groups excluding tert-OH is 1. The molecule has 7 heteroatoms. The van der Waals surface area contributed by atoms with Crippen LogP contribution in [0, 0.1) is 17.8 Å². The lowest BCUT2D eigenvalue weighted by atomic mass is 9.85. The number of epoxide rings is 1. The smallest absolute Gasteiger partial charge is 0.222 e. The molecule has 1 amide bonds. The molecule has 0 aliphatic carbocycles. The van der Waals surface area contributed by atoms with Crippen LogP contribution in [0.4, 0.5) is 0 Å². The fourth-order valence-corrected chi connectivity index (χ4v) is 5.65. The van der Waals surface area contributed by atoms with E-state index in [9.17, 15) is 9.90 Å². The highest BCUT2D eigenvalue weighted by molar-refractivity contribution is 5.75. The zero-order chi connectivity index (χ0) is 26.9. The number of aliphatic hydroxyl groups is 1. The predicted molar refractivity (Wildman–Crippen MR) is 143 cm³/mol. The first-order valence-electron chi connectivity index (χ1n) is 13.8. The van der Waals surface area contributed by atoms with E-state index in [4.69, 9.17) is 18.9 Å². The molecule has 7 nitrogen and oxygen atoms in total. The van der Waals surface area contributed by atoms with Gasteiger partial charge in [-0.2, -0.15) is 0 Å². The third-order valence-corrected chi connectivity index (χ3v) is 7.66. The fraction of sp³-hybridized carbons (Fsp3) is 0.828. The molecule has 0 aromatic carbocycles. The molecule has 2 saturated heterocycles. The lowest BCUT2D eigenvalue weighted by Crippen LogP contribution is -2.41. The monoisotopic (exact) mass is 509 g/mol. The van der Waals surface area contributed by atoms with E-state index in [1.54, 1.807) is 14.0 Å². The van der Waals surface area contributed by atoms with Crippen LogP contribution in [0.25, 0.3) is 0 Å². The highest BCUT2D eigenvalue weighted by Gasteiger charge is 2.56. The molecule has 36 heavy (non-hydrogen) atoms. The van der Waals surface area contributed by atoms with E-state index < -0.39 is 6.10 Å². The Kier molecular flexibility index (Phi) is 12.6. The molecule has 0 saturated carbocycles. The van der Waals surface area contributed by atoms with Crippen molar-refractivity contribution in [3.8, 4) is 0 Å². The molecule has 2 N–H and O–H groups in total. The first-order valence-corrected chi connectivity index (χ1v) is 13.8. The summed E-state index contributed by atoms with van der Waals surface area (Å²) in [7, 11) is 1.65. The minimum absolute atomic E-state index is 0.0139. The number of methoxy groups -OCH3 is 1. The third kappa shape index (κ3) is 9.25. The van der Waals surface area contributed by atoms with Crippen molar-refractivity contribution in [2.45, 2.75) is 110 Å². The SMILES string of the molecule is CCOCCC(=O)NC[C@H]1CC[C@H](C)[C@@H](/C(C)=C/C=C/[C@@H](C)C[C@@]2(C)O[C@@H]2[C@H](C)[C@@H](OC)[C@@H](C)O)O1. The minimum atomic E-state index is -0.524. The number of carbonyl (C=O) groups is 1. The molecule has 2 rings (SSSR count). The van der Waals surface area contributed by atoms with Gasteiger partial charge in [0.15, 0.2) is 0 Å². The lowest BCUT2D eigenvalue weighted by Gasteiger charge is -2.35. The Bertz CT molecular complexity index is 737.